The molecule has 1 heterocycles. The fraction of sp³-hybridized carbons (Fsp3) is 0.600. The van der Waals surface area contributed by atoms with E-state index in [1.54, 1.807) is 0 Å². The maximum Gasteiger partial charge on any atom is 0.0769 e. The molecule has 2 rings (SSSR count). The Bertz CT molecular complexity index is 327. The van der Waals surface area contributed by atoms with Gasteiger partial charge in [-0.05, 0) is 43.9 Å². The second-order valence-corrected chi connectivity index (χ2v) is 4.77. The van der Waals surface area contributed by atoms with Gasteiger partial charge < -0.3 is 10.1 Å². The molecule has 0 bridgehead atoms. The highest BCUT2D eigenvalue weighted by Gasteiger charge is 2.24. The second kappa shape index (κ2) is 6.18. The van der Waals surface area contributed by atoms with Crippen LogP contribution in [-0.2, 0) is 11.2 Å². The monoisotopic (exact) mass is 233 g/mol. The summed E-state index contributed by atoms with van der Waals surface area (Å²) in [4.78, 5) is 0. The summed E-state index contributed by atoms with van der Waals surface area (Å²) >= 11 is 0. The summed E-state index contributed by atoms with van der Waals surface area (Å²) in [5, 5.41) is 3.40. The molecule has 1 aromatic carbocycles. The minimum Gasteiger partial charge on any atom is -0.376 e. The topological polar surface area (TPSA) is 21.3 Å². The Morgan fingerprint density at radius 3 is 2.59 bits per heavy atom. The van der Waals surface area contributed by atoms with Crippen molar-refractivity contribution < 1.29 is 4.74 Å². The number of hydrogen-bond acceptors (Lipinski definition) is 2. The van der Waals surface area contributed by atoms with E-state index in [9.17, 15) is 0 Å². The summed E-state index contributed by atoms with van der Waals surface area (Å²) in [7, 11) is 2.02. The molecule has 94 valence electrons. The molecule has 1 aliphatic heterocycles. The van der Waals surface area contributed by atoms with Crippen molar-refractivity contribution in [3.63, 3.8) is 0 Å². The van der Waals surface area contributed by atoms with Crippen molar-refractivity contribution in [2.45, 2.75) is 44.8 Å². The molecule has 1 fully saturated rings. The van der Waals surface area contributed by atoms with Crippen molar-refractivity contribution in [1.82, 2.24) is 5.32 Å². The molecule has 2 atom stereocenters. The van der Waals surface area contributed by atoms with Crippen LogP contribution >= 0.6 is 0 Å². The molecule has 2 nitrogen and oxygen atoms in total. The van der Waals surface area contributed by atoms with Crippen molar-refractivity contribution >= 4 is 0 Å². The predicted molar refractivity (Wildman–Crippen MR) is 71.2 cm³/mol. The lowest BCUT2D eigenvalue weighted by Crippen LogP contribution is -2.34. The fourth-order valence-electron chi connectivity index (χ4n) is 2.56. The lowest BCUT2D eigenvalue weighted by Gasteiger charge is -2.30. The summed E-state index contributed by atoms with van der Waals surface area (Å²) in [6, 6.07) is 9.25. The smallest absolute Gasteiger partial charge is 0.0769 e. The van der Waals surface area contributed by atoms with Gasteiger partial charge in [0.05, 0.1) is 12.1 Å². The molecule has 2 heteroatoms. The molecule has 1 saturated heterocycles. The van der Waals surface area contributed by atoms with Gasteiger partial charge in [0.25, 0.3) is 0 Å². The highest BCUT2D eigenvalue weighted by atomic mass is 16.5. The maximum atomic E-state index is 5.88. The van der Waals surface area contributed by atoms with Crippen LogP contribution in [0.3, 0.4) is 0 Å². The van der Waals surface area contributed by atoms with E-state index in [0.29, 0.717) is 12.1 Å². The third-order valence-electron chi connectivity index (χ3n) is 3.64. The van der Waals surface area contributed by atoms with Crippen molar-refractivity contribution in [2.24, 2.45) is 0 Å². The molecule has 0 spiro atoms. The summed E-state index contributed by atoms with van der Waals surface area (Å²) in [5.41, 5.74) is 2.74. The Balaban J connectivity index is 2.10. The van der Waals surface area contributed by atoms with Crippen LogP contribution in [0.1, 0.15) is 43.4 Å². The molecule has 1 aliphatic rings. The van der Waals surface area contributed by atoms with E-state index in [2.05, 4.69) is 36.5 Å². The number of ether oxygens (including phenoxy) is 1. The molecule has 17 heavy (non-hydrogen) atoms. The van der Waals surface area contributed by atoms with Crippen molar-refractivity contribution in [1.29, 1.82) is 0 Å². The molecular formula is C15H23NO. The molecule has 1 N–H and O–H groups in total. The van der Waals surface area contributed by atoms with Gasteiger partial charge >= 0.3 is 0 Å². The van der Waals surface area contributed by atoms with E-state index in [4.69, 9.17) is 4.74 Å². The van der Waals surface area contributed by atoms with E-state index in [1.165, 1.54) is 30.4 Å². The zero-order valence-electron chi connectivity index (χ0n) is 10.9. The number of likely N-dealkylation sites (N-methyl/N-ethyl adjacent to an activating group) is 1. The Morgan fingerprint density at radius 1 is 1.29 bits per heavy atom. The Kier molecular flexibility index (Phi) is 4.57. The normalized spacial score (nSPS) is 22.4. The lowest BCUT2D eigenvalue weighted by atomic mass is 9.95. The Labute approximate surface area is 104 Å². The maximum absolute atomic E-state index is 5.88. The van der Waals surface area contributed by atoms with Gasteiger partial charge in [-0.2, -0.15) is 0 Å². The zero-order chi connectivity index (χ0) is 12.1. The standard InChI is InChI=1S/C15H23NO/c1-3-12-7-9-13(10-8-12)15(16-2)14-6-4-5-11-17-14/h7-10,14-16H,3-6,11H2,1-2H3. The molecule has 0 saturated carbocycles. The van der Waals surface area contributed by atoms with Crippen molar-refractivity contribution in [3.05, 3.63) is 35.4 Å². The summed E-state index contributed by atoms with van der Waals surface area (Å²) in [6.45, 7) is 3.10. The fourth-order valence-corrected chi connectivity index (χ4v) is 2.56. The molecule has 0 amide bonds. The van der Waals surface area contributed by atoms with Crippen LogP contribution in [0.4, 0.5) is 0 Å². The molecule has 0 radical (unpaired) electrons. The summed E-state index contributed by atoms with van der Waals surface area (Å²) < 4.78 is 5.88. The van der Waals surface area contributed by atoms with Crippen molar-refractivity contribution in [2.75, 3.05) is 13.7 Å². The van der Waals surface area contributed by atoms with E-state index in [0.717, 1.165) is 13.0 Å². The zero-order valence-corrected chi connectivity index (χ0v) is 10.9. The Morgan fingerprint density at radius 2 is 2.06 bits per heavy atom. The highest BCUT2D eigenvalue weighted by Crippen LogP contribution is 2.26. The van der Waals surface area contributed by atoms with Gasteiger partial charge in [0, 0.05) is 6.61 Å². The predicted octanol–water partition coefficient (Wildman–Crippen LogP) is 3.08. The SMILES string of the molecule is CCc1ccc(C(NC)C2CCCCO2)cc1. The van der Waals surface area contributed by atoms with E-state index < -0.39 is 0 Å². The first-order valence-electron chi connectivity index (χ1n) is 6.73. The van der Waals surface area contributed by atoms with E-state index >= 15 is 0 Å². The molecule has 1 aromatic rings. The lowest BCUT2D eigenvalue weighted by molar-refractivity contribution is -0.00662. The van der Waals surface area contributed by atoms with Crippen LogP contribution in [0, 0.1) is 0 Å². The molecular weight excluding hydrogens is 210 g/mol. The third-order valence-corrected chi connectivity index (χ3v) is 3.64. The van der Waals surface area contributed by atoms with Gasteiger partial charge in [-0.15, -0.1) is 0 Å². The van der Waals surface area contributed by atoms with Gasteiger partial charge in [-0.3, -0.25) is 0 Å². The van der Waals surface area contributed by atoms with Crippen LogP contribution in [0.25, 0.3) is 0 Å². The third kappa shape index (κ3) is 3.08. The van der Waals surface area contributed by atoms with Gasteiger partial charge in [-0.1, -0.05) is 31.2 Å². The van der Waals surface area contributed by atoms with Gasteiger partial charge in [0.2, 0.25) is 0 Å². The molecule has 0 aliphatic carbocycles. The quantitative estimate of drug-likeness (QED) is 0.863. The summed E-state index contributed by atoms with van der Waals surface area (Å²) in [5.74, 6) is 0. The van der Waals surface area contributed by atoms with Gasteiger partial charge in [-0.25, -0.2) is 0 Å². The van der Waals surface area contributed by atoms with Crippen LogP contribution in [0.2, 0.25) is 0 Å². The first-order chi connectivity index (χ1) is 8.35. The molecule has 2 unspecified atom stereocenters. The van der Waals surface area contributed by atoms with Gasteiger partial charge in [0.15, 0.2) is 0 Å². The number of aryl methyl sites for hydroxylation is 1. The number of benzene rings is 1. The summed E-state index contributed by atoms with van der Waals surface area (Å²) in [6.07, 6.45) is 5.10. The first kappa shape index (κ1) is 12.6. The number of hydrogen-bond donors (Lipinski definition) is 1. The first-order valence-corrected chi connectivity index (χ1v) is 6.73. The average molecular weight is 233 g/mol. The van der Waals surface area contributed by atoms with Crippen LogP contribution < -0.4 is 5.32 Å². The largest absolute Gasteiger partial charge is 0.376 e. The van der Waals surface area contributed by atoms with E-state index in [1.807, 2.05) is 7.05 Å². The van der Waals surface area contributed by atoms with Gasteiger partial charge in [0.1, 0.15) is 0 Å². The highest BCUT2D eigenvalue weighted by molar-refractivity contribution is 5.25. The van der Waals surface area contributed by atoms with Crippen LogP contribution in [0.15, 0.2) is 24.3 Å². The number of rotatable bonds is 4. The van der Waals surface area contributed by atoms with Crippen LogP contribution in [-0.4, -0.2) is 19.8 Å². The molecule has 0 aromatic heterocycles. The minimum atomic E-state index is 0.334. The van der Waals surface area contributed by atoms with Crippen molar-refractivity contribution in [3.8, 4) is 0 Å². The Hall–Kier alpha value is -0.860. The van der Waals surface area contributed by atoms with E-state index in [-0.39, 0.29) is 0 Å². The van der Waals surface area contributed by atoms with Crippen LogP contribution in [0.5, 0.6) is 0 Å². The minimum absolute atomic E-state index is 0.334. The second-order valence-electron chi connectivity index (χ2n) is 4.77. The number of nitrogens with one attached hydrogen (secondary N) is 1. The average Bonchev–Trinajstić information content (AvgIpc) is 2.42.